The van der Waals surface area contributed by atoms with Crippen molar-refractivity contribution >= 4 is 52.3 Å². The topological polar surface area (TPSA) is 67.6 Å². The Bertz CT molecular complexity index is 479. The lowest BCUT2D eigenvalue weighted by atomic mass is 10.2. The number of carbonyl (C=O) groups excluding carboxylic acids is 1. The van der Waals surface area contributed by atoms with E-state index in [1.54, 1.807) is 0 Å². The second kappa shape index (κ2) is 10.3. The van der Waals surface area contributed by atoms with Crippen LogP contribution in [-0.4, -0.2) is 44.8 Å². The summed E-state index contributed by atoms with van der Waals surface area (Å²) in [5, 5.41) is 2.98. The molecule has 0 aliphatic carbocycles. The first-order chi connectivity index (χ1) is 9.61. The lowest BCUT2D eigenvalue weighted by Crippen LogP contribution is -2.48. The number of para-hydroxylation sites is 1. The lowest BCUT2D eigenvalue weighted by molar-refractivity contribution is -0.124. The van der Waals surface area contributed by atoms with E-state index >= 15 is 0 Å². The van der Waals surface area contributed by atoms with Gasteiger partial charge in [0, 0.05) is 30.7 Å². The zero-order chi connectivity index (χ0) is 14.5. The van der Waals surface area contributed by atoms with Gasteiger partial charge in [0.2, 0.25) is 5.91 Å². The van der Waals surface area contributed by atoms with Gasteiger partial charge < -0.3 is 20.7 Å². The average molecular weight is 415 g/mol. The van der Waals surface area contributed by atoms with Crippen molar-refractivity contribution in [1.29, 1.82) is 0 Å². The fourth-order valence-corrected chi connectivity index (χ4v) is 2.90. The molecule has 2 unspecified atom stereocenters. The van der Waals surface area contributed by atoms with Gasteiger partial charge in [-0.1, -0.05) is 12.1 Å². The lowest BCUT2D eigenvalue weighted by Gasteiger charge is -2.21. The Morgan fingerprint density at radius 2 is 2.18 bits per heavy atom. The largest absolute Gasteiger partial charge is 0.383 e. The molecule has 0 aromatic heterocycles. The van der Waals surface area contributed by atoms with Gasteiger partial charge in [-0.05, 0) is 34.5 Å². The third-order valence-electron chi connectivity index (χ3n) is 3.41. The maximum atomic E-state index is 11.9. The van der Waals surface area contributed by atoms with Gasteiger partial charge in [0.05, 0.1) is 12.3 Å². The van der Waals surface area contributed by atoms with Crippen LogP contribution >= 0.6 is 40.7 Å². The highest BCUT2D eigenvalue weighted by Gasteiger charge is 2.26. The van der Waals surface area contributed by atoms with Gasteiger partial charge in [-0.15, -0.1) is 24.8 Å². The second-order valence-electron chi connectivity index (χ2n) is 4.95. The number of nitrogens with zero attached hydrogens (tertiary/aromatic N) is 1. The number of ether oxygens (including phenoxy) is 1. The van der Waals surface area contributed by atoms with Gasteiger partial charge >= 0.3 is 0 Å². The Morgan fingerprint density at radius 1 is 1.50 bits per heavy atom. The maximum absolute atomic E-state index is 11.9. The molecule has 0 bridgehead atoms. The van der Waals surface area contributed by atoms with Gasteiger partial charge in [-0.3, -0.25) is 4.79 Å². The van der Waals surface area contributed by atoms with Crippen molar-refractivity contribution in [2.45, 2.75) is 18.5 Å². The molecule has 1 saturated heterocycles. The van der Waals surface area contributed by atoms with E-state index in [0.29, 0.717) is 0 Å². The third kappa shape index (κ3) is 5.59. The molecule has 1 aliphatic rings. The maximum Gasteiger partial charge on any atom is 0.239 e. The summed E-state index contributed by atoms with van der Waals surface area (Å²) < 4.78 is 5.97. The van der Waals surface area contributed by atoms with Gasteiger partial charge in [-0.25, -0.2) is 0 Å². The summed E-state index contributed by atoms with van der Waals surface area (Å²) in [6.07, 6.45) is 0.923. The molecule has 1 amide bonds. The first kappa shape index (κ1) is 21.5. The number of anilines is 1. The number of carbonyl (C=O) groups is 1. The number of hydrogen-bond acceptors (Lipinski definition) is 4. The molecule has 2 atom stereocenters. The molecule has 0 saturated carbocycles. The minimum atomic E-state index is -0.600. The number of rotatable bonds is 5. The molecule has 1 aromatic carbocycles. The number of nitrogens with one attached hydrogen (secondary N) is 1. The van der Waals surface area contributed by atoms with Crippen LogP contribution in [0.1, 0.15) is 6.42 Å². The molecular weight excluding hydrogens is 393 g/mol. The summed E-state index contributed by atoms with van der Waals surface area (Å²) in [5.41, 5.74) is 6.88. The van der Waals surface area contributed by atoms with E-state index in [1.807, 2.05) is 18.2 Å². The van der Waals surface area contributed by atoms with Crippen LogP contribution in [0.2, 0.25) is 0 Å². The Hall–Kier alpha value is -0.530. The van der Waals surface area contributed by atoms with Crippen LogP contribution in [0.25, 0.3) is 0 Å². The van der Waals surface area contributed by atoms with Crippen molar-refractivity contribution in [2.24, 2.45) is 5.73 Å². The molecule has 0 spiro atoms. The molecule has 1 aromatic rings. The molecule has 3 N–H and O–H groups in total. The van der Waals surface area contributed by atoms with Crippen LogP contribution in [0.5, 0.6) is 0 Å². The number of halogens is 3. The molecule has 8 heteroatoms. The van der Waals surface area contributed by atoms with Crippen molar-refractivity contribution < 1.29 is 9.53 Å². The van der Waals surface area contributed by atoms with Gasteiger partial charge in [-0.2, -0.15) is 0 Å². The first-order valence-electron chi connectivity index (χ1n) is 6.66. The predicted molar refractivity (Wildman–Crippen MR) is 97.3 cm³/mol. The summed E-state index contributed by atoms with van der Waals surface area (Å²) in [4.78, 5) is 14.1. The van der Waals surface area contributed by atoms with E-state index in [4.69, 9.17) is 10.5 Å². The second-order valence-corrected chi connectivity index (χ2v) is 5.81. The van der Waals surface area contributed by atoms with Crippen molar-refractivity contribution in [3.63, 3.8) is 0 Å². The van der Waals surface area contributed by atoms with E-state index in [-0.39, 0.29) is 43.4 Å². The van der Waals surface area contributed by atoms with E-state index < -0.39 is 6.04 Å². The highest BCUT2D eigenvalue weighted by atomic mass is 79.9. The Morgan fingerprint density at radius 3 is 2.82 bits per heavy atom. The monoisotopic (exact) mass is 413 g/mol. The Labute approximate surface area is 151 Å². The minimum absolute atomic E-state index is 0. The standard InChI is InChI=1S/C14H20BrN3O2.2ClH/c1-20-9-12(16)14(19)17-10-6-7-18(8-10)13-5-3-2-4-11(13)15;;/h2-5,10,12H,6-9,16H2,1H3,(H,17,19);2*1H. The van der Waals surface area contributed by atoms with Crippen molar-refractivity contribution in [3.05, 3.63) is 28.7 Å². The van der Waals surface area contributed by atoms with Crippen molar-refractivity contribution in [3.8, 4) is 0 Å². The van der Waals surface area contributed by atoms with Gasteiger partial charge in [0.1, 0.15) is 6.04 Å². The quantitative estimate of drug-likeness (QED) is 0.772. The SMILES string of the molecule is COCC(N)C(=O)NC1CCN(c2ccccc2Br)C1.Cl.Cl. The number of nitrogens with two attached hydrogens (primary N) is 1. The zero-order valence-corrected chi connectivity index (χ0v) is 15.5. The highest BCUT2D eigenvalue weighted by molar-refractivity contribution is 9.10. The van der Waals surface area contributed by atoms with Crippen molar-refractivity contribution in [2.75, 3.05) is 31.7 Å². The molecule has 1 heterocycles. The molecule has 126 valence electrons. The Kier molecular flexibility index (Phi) is 10.0. The predicted octanol–water partition coefficient (Wildman–Crippen LogP) is 1.96. The van der Waals surface area contributed by atoms with Crippen LogP contribution < -0.4 is 16.0 Å². The fourth-order valence-electron chi connectivity index (χ4n) is 2.37. The molecule has 22 heavy (non-hydrogen) atoms. The third-order valence-corrected chi connectivity index (χ3v) is 4.08. The first-order valence-corrected chi connectivity index (χ1v) is 7.45. The van der Waals surface area contributed by atoms with Crippen LogP contribution in [0, 0.1) is 0 Å². The summed E-state index contributed by atoms with van der Waals surface area (Å²) >= 11 is 3.56. The van der Waals surface area contributed by atoms with Crippen LogP contribution in [0.4, 0.5) is 5.69 Å². The number of benzene rings is 1. The average Bonchev–Trinajstić information content (AvgIpc) is 2.87. The Balaban J connectivity index is 0.00000220. The minimum Gasteiger partial charge on any atom is -0.383 e. The molecule has 0 radical (unpaired) electrons. The summed E-state index contributed by atoms with van der Waals surface area (Å²) in [6.45, 7) is 1.97. The van der Waals surface area contributed by atoms with E-state index in [0.717, 1.165) is 29.7 Å². The van der Waals surface area contributed by atoms with Gasteiger partial charge in [0.15, 0.2) is 0 Å². The van der Waals surface area contributed by atoms with Crippen LogP contribution in [0.15, 0.2) is 28.7 Å². The van der Waals surface area contributed by atoms with Crippen LogP contribution in [-0.2, 0) is 9.53 Å². The fraction of sp³-hybridized carbons (Fsp3) is 0.500. The molecular formula is C14H22BrCl2N3O2. The number of amides is 1. The molecule has 1 fully saturated rings. The van der Waals surface area contributed by atoms with E-state index in [9.17, 15) is 4.79 Å². The smallest absolute Gasteiger partial charge is 0.239 e. The normalized spacial score (nSPS) is 18.1. The van der Waals surface area contributed by atoms with Crippen LogP contribution in [0.3, 0.4) is 0 Å². The summed E-state index contributed by atoms with van der Waals surface area (Å²) in [6, 6.07) is 7.64. The molecule has 2 rings (SSSR count). The number of methoxy groups -OCH3 is 1. The van der Waals surface area contributed by atoms with Crippen molar-refractivity contribution in [1.82, 2.24) is 5.32 Å². The zero-order valence-electron chi connectivity index (χ0n) is 12.3. The van der Waals surface area contributed by atoms with E-state index in [2.05, 4.69) is 32.2 Å². The summed E-state index contributed by atoms with van der Waals surface area (Å²) in [5.74, 6) is -0.147. The summed E-state index contributed by atoms with van der Waals surface area (Å²) in [7, 11) is 1.54. The van der Waals surface area contributed by atoms with E-state index in [1.165, 1.54) is 7.11 Å². The molecule has 1 aliphatic heterocycles. The highest BCUT2D eigenvalue weighted by Crippen LogP contribution is 2.28. The van der Waals surface area contributed by atoms with Gasteiger partial charge in [0.25, 0.3) is 0 Å². The molecule has 5 nitrogen and oxygen atoms in total. The number of hydrogen-bond donors (Lipinski definition) is 2.